The lowest BCUT2D eigenvalue weighted by atomic mass is 10.2. The number of rotatable bonds is 5. The van der Waals surface area contributed by atoms with Crippen LogP contribution < -0.4 is 9.47 Å². The Bertz CT molecular complexity index is 973. The summed E-state index contributed by atoms with van der Waals surface area (Å²) in [4.78, 5) is 2.10. The fourth-order valence-corrected chi connectivity index (χ4v) is 3.78. The molecule has 0 bridgehead atoms. The van der Waals surface area contributed by atoms with E-state index in [4.69, 9.17) is 0 Å². The number of nitrogens with zero attached hydrogens (tertiary/aromatic N) is 2. The van der Waals surface area contributed by atoms with Gasteiger partial charge in [-0.15, -0.1) is 0 Å². The van der Waals surface area contributed by atoms with Gasteiger partial charge in [0.25, 0.3) is 5.01 Å². The fourth-order valence-electron chi connectivity index (χ4n) is 2.74. The highest BCUT2D eigenvalue weighted by Gasteiger charge is 2.13. The van der Waals surface area contributed by atoms with Crippen molar-refractivity contribution in [2.24, 2.45) is 7.05 Å². The van der Waals surface area contributed by atoms with Crippen LogP contribution in [0.5, 0.6) is 0 Å². The van der Waals surface area contributed by atoms with Crippen molar-refractivity contribution in [2.75, 3.05) is 19.0 Å². The first-order chi connectivity index (χ1) is 12.5. The molecule has 3 heteroatoms. The molecular weight excluding hydrogens is 336 g/mol. The fraction of sp³-hybridized carbons (Fsp3) is 0.174. The summed E-state index contributed by atoms with van der Waals surface area (Å²) in [5, 5.41) is 1.25. The average molecular weight is 362 g/mol. The average Bonchev–Trinajstić information content (AvgIpc) is 2.94. The number of benzene rings is 2. The molecular formula is C23H25N2S+. The Hall–Kier alpha value is -2.65. The molecule has 26 heavy (non-hydrogen) atoms. The summed E-state index contributed by atoms with van der Waals surface area (Å²) >= 11 is 1.82. The van der Waals surface area contributed by atoms with Crippen LogP contribution in [0, 0.1) is 6.92 Å². The van der Waals surface area contributed by atoms with E-state index in [1.807, 2.05) is 11.3 Å². The van der Waals surface area contributed by atoms with Crippen LogP contribution in [-0.2, 0) is 7.05 Å². The first-order valence-corrected chi connectivity index (χ1v) is 9.54. The summed E-state index contributed by atoms with van der Waals surface area (Å²) < 4.78 is 3.57. The zero-order valence-corrected chi connectivity index (χ0v) is 16.6. The summed E-state index contributed by atoms with van der Waals surface area (Å²) in [6.45, 7) is 2.13. The van der Waals surface area contributed by atoms with Crippen LogP contribution in [0.25, 0.3) is 22.4 Å². The van der Waals surface area contributed by atoms with Crippen molar-refractivity contribution in [1.82, 2.24) is 0 Å². The van der Waals surface area contributed by atoms with Crippen molar-refractivity contribution in [3.63, 3.8) is 0 Å². The summed E-state index contributed by atoms with van der Waals surface area (Å²) in [5.74, 6) is 0. The second-order valence-corrected chi connectivity index (χ2v) is 7.62. The SMILES string of the molecule is Cc1ccc2sc(/C=C/C=C/C=C/c3ccc(N(C)C)cc3)[n+](C)c2c1. The Morgan fingerprint density at radius 1 is 0.885 bits per heavy atom. The van der Waals surface area contributed by atoms with E-state index < -0.39 is 0 Å². The zero-order chi connectivity index (χ0) is 18.5. The molecule has 0 spiro atoms. The van der Waals surface area contributed by atoms with Crippen LogP contribution in [0.3, 0.4) is 0 Å². The minimum absolute atomic E-state index is 1.20. The van der Waals surface area contributed by atoms with Crippen LogP contribution in [0.2, 0.25) is 0 Å². The van der Waals surface area contributed by atoms with Gasteiger partial charge >= 0.3 is 0 Å². The molecule has 0 aliphatic carbocycles. The Morgan fingerprint density at radius 2 is 1.58 bits per heavy atom. The third-order valence-corrected chi connectivity index (χ3v) is 5.48. The van der Waals surface area contributed by atoms with Crippen LogP contribution in [0.4, 0.5) is 5.69 Å². The van der Waals surface area contributed by atoms with Gasteiger partial charge in [-0.3, -0.25) is 0 Å². The maximum absolute atomic E-state index is 2.25. The highest BCUT2D eigenvalue weighted by atomic mass is 32.1. The Kier molecular flexibility index (Phi) is 5.69. The summed E-state index contributed by atoms with van der Waals surface area (Å²) in [6.07, 6.45) is 12.6. The van der Waals surface area contributed by atoms with E-state index in [1.165, 1.54) is 32.0 Å². The van der Waals surface area contributed by atoms with E-state index in [0.29, 0.717) is 0 Å². The highest BCUT2D eigenvalue weighted by Crippen LogP contribution is 2.22. The number of hydrogen-bond donors (Lipinski definition) is 0. The van der Waals surface area contributed by atoms with Crippen molar-refractivity contribution in [2.45, 2.75) is 6.92 Å². The van der Waals surface area contributed by atoms with Crippen molar-refractivity contribution in [1.29, 1.82) is 0 Å². The van der Waals surface area contributed by atoms with Gasteiger partial charge in [-0.25, -0.2) is 0 Å². The van der Waals surface area contributed by atoms with Gasteiger partial charge in [0, 0.05) is 31.9 Å². The summed E-state index contributed by atoms with van der Waals surface area (Å²) in [6, 6.07) is 15.1. The molecule has 132 valence electrons. The second kappa shape index (κ2) is 8.15. The van der Waals surface area contributed by atoms with Gasteiger partial charge in [0.2, 0.25) is 5.52 Å². The third kappa shape index (κ3) is 4.30. The molecule has 0 unspecified atom stereocenters. The van der Waals surface area contributed by atoms with Gasteiger partial charge in [0.05, 0.1) is 0 Å². The number of aromatic nitrogens is 1. The molecule has 0 amide bonds. The molecule has 0 N–H and O–H groups in total. The molecule has 0 aliphatic heterocycles. The summed E-state index contributed by atoms with van der Waals surface area (Å²) in [7, 11) is 6.23. The smallest absolute Gasteiger partial charge is 0.262 e. The summed E-state index contributed by atoms with van der Waals surface area (Å²) in [5.41, 5.74) is 5.01. The molecule has 1 heterocycles. The molecule has 1 aromatic heterocycles. The number of hydrogen-bond acceptors (Lipinski definition) is 2. The highest BCUT2D eigenvalue weighted by molar-refractivity contribution is 7.18. The minimum Gasteiger partial charge on any atom is -0.378 e. The van der Waals surface area contributed by atoms with Crippen LogP contribution in [-0.4, -0.2) is 14.1 Å². The molecule has 3 rings (SSSR count). The number of allylic oxidation sites excluding steroid dienone is 4. The van der Waals surface area contributed by atoms with Crippen LogP contribution in [0.15, 0.2) is 66.8 Å². The number of thiazole rings is 1. The molecule has 0 fully saturated rings. The van der Waals surface area contributed by atoms with E-state index in [2.05, 4.69) is 116 Å². The number of fused-ring (bicyclic) bond motifs is 1. The second-order valence-electron chi connectivity index (χ2n) is 6.56. The predicted octanol–water partition coefficient (Wildman–Crippen LogP) is 5.38. The quantitative estimate of drug-likeness (QED) is 0.437. The first-order valence-electron chi connectivity index (χ1n) is 8.72. The Morgan fingerprint density at radius 3 is 2.27 bits per heavy atom. The Balaban J connectivity index is 1.64. The third-order valence-electron chi connectivity index (χ3n) is 4.29. The van der Waals surface area contributed by atoms with E-state index in [9.17, 15) is 0 Å². The molecule has 0 radical (unpaired) electrons. The minimum atomic E-state index is 1.20. The van der Waals surface area contributed by atoms with E-state index >= 15 is 0 Å². The molecule has 2 nitrogen and oxygen atoms in total. The van der Waals surface area contributed by atoms with E-state index in [0.717, 1.165) is 0 Å². The molecule has 0 atom stereocenters. The van der Waals surface area contributed by atoms with Gasteiger partial charge in [-0.05, 0) is 36.2 Å². The zero-order valence-electron chi connectivity index (χ0n) is 15.8. The van der Waals surface area contributed by atoms with Crippen molar-refractivity contribution < 1.29 is 4.57 Å². The van der Waals surface area contributed by atoms with Crippen molar-refractivity contribution in [3.05, 3.63) is 82.9 Å². The van der Waals surface area contributed by atoms with Gasteiger partial charge in [0.1, 0.15) is 11.7 Å². The lowest BCUT2D eigenvalue weighted by Gasteiger charge is -2.11. The van der Waals surface area contributed by atoms with Gasteiger partial charge in [0.15, 0.2) is 0 Å². The van der Waals surface area contributed by atoms with Gasteiger partial charge in [-0.2, -0.15) is 4.57 Å². The number of aryl methyl sites for hydroxylation is 2. The normalized spacial score (nSPS) is 12.2. The van der Waals surface area contributed by atoms with Gasteiger partial charge < -0.3 is 4.90 Å². The van der Waals surface area contributed by atoms with Crippen LogP contribution in [0.1, 0.15) is 16.1 Å². The molecule has 0 saturated heterocycles. The molecule has 0 aliphatic rings. The molecule has 3 aromatic rings. The van der Waals surface area contributed by atoms with E-state index in [1.54, 1.807) is 0 Å². The largest absolute Gasteiger partial charge is 0.378 e. The van der Waals surface area contributed by atoms with E-state index in [-0.39, 0.29) is 0 Å². The van der Waals surface area contributed by atoms with Crippen LogP contribution >= 0.6 is 11.3 Å². The maximum Gasteiger partial charge on any atom is 0.262 e. The monoisotopic (exact) mass is 361 g/mol. The standard InChI is InChI=1S/C23H25N2S/c1-18-11-16-22-21(17-18)25(4)23(26-22)10-8-6-5-7-9-19-12-14-20(15-13-19)24(2)3/h5-17H,1-4H3/q+1. The lowest BCUT2D eigenvalue weighted by Crippen LogP contribution is -2.28. The topological polar surface area (TPSA) is 7.12 Å². The lowest BCUT2D eigenvalue weighted by molar-refractivity contribution is -0.642. The molecule has 2 aromatic carbocycles. The first kappa shape index (κ1) is 18.2. The Labute approximate surface area is 160 Å². The number of anilines is 1. The van der Waals surface area contributed by atoms with Crippen molar-refractivity contribution in [3.8, 4) is 0 Å². The van der Waals surface area contributed by atoms with Gasteiger partial charge in [-0.1, -0.05) is 59.9 Å². The predicted molar refractivity (Wildman–Crippen MR) is 116 cm³/mol. The molecule has 0 saturated carbocycles. The van der Waals surface area contributed by atoms with Crippen molar-refractivity contribution >= 4 is 39.4 Å². The maximum atomic E-state index is 2.25.